The highest BCUT2D eigenvalue weighted by atomic mass is 35.5. The van der Waals surface area contributed by atoms with Gasteiger partial charge in [-0.3, -0.25) is 9.59 Å². The fraction of sp³-hybridized carbons (Fsp3) is 0.261. The van der Waals surface area contributed by atoms with Gasteiger partial charge in [0, 0.05) is 41.7 Å². The average molecular weight is 438 g/mol. The van der Waals surface area contributed by atoms with Crippen LogP contribution in [0.15, 0.2) is 48.5 Å². The molecule has 1 N–H and O–H groups in total. The van der Waals surface area contributed by atoms with Crippen LogP contribution in [-0.2, 0) is 4.79 Å². The zero-order chi connectivity index (χ0) is 21.4. The molecular weight excluding hydrogens is 418 g/mol. The molecule has 7 nitrogen and oxygen atoms in total. The van der Waals surface area contributed by atoms with Crippen molar-refractivity contribution in [2.75, 3.05) is 25.2 Å². The van der Waals surface area contributed by atoms with Crippen molar-refractivity contribution in [1.82, 2.24) is 9.88 Å². The van der Waals surface area contributed by atoms with Gasteiger partial charge in [-0.05, 0) is 55.3 Å². The van der Waals surface area contributed by atoms with E-state index in [1.807, 2.05) is 12.1 Å². The maximum absolute atomic E-state index is 12.9. The highest BCUT2D eigenvalue weighted by Crippen LogP contribution is 2.34. The van der Waals surface area contributed by atoms with E-state index < -0.39 is 0 Å². The Morgan fingerprint density at radius 3 is 2.65 bits per heavy atom. The molecule has 3 heterocycles. The molecule has 2 amide bonds. The predicted molar refractivity (Wildman–Crippen MR) is 117 cm³/mol. The van der Waals surface area contributed by atoms with E-state index in [9.17, 15) is 9.59 Å². The van der Waals surface area contributed by atoms with Gasteiger partial charge in [-0.2, -0.15) is 0 Å². The SMILES string of the molecule is O=C(Nc1ccc2c(c1)OCO2)C1CCN(C(=O)c2ccc3nc(Cl)ccc3c2)CC1. The van der Waals surface area contributed by atoms with Crippen LogP contribution in [0.5, 0.6) is 11.5 Å². The lowest BCUT2D eigenvalue weighted by Crippen LogP contribution is -2.41. The van der Waals surface area contributed by atoms with Gasteiger partial charge in [-0.1, -0.05) is 11.6 Å². The van der Waals surface area contributed by atoms with Crippen molar-refractivity contribution in [3.63, 3.8) is 0 Å². The number of ether oxygens (including phenoxy) is 2. The molecule has 1 saturated heterocycles. The number of halogens is 1. The smallest absolute Gasteiger partial charge is 0.253 e. The van der Waals surface area contributed by atoms with E-state index in [2.05, 4.69) is 10.3 Å². The summed E-state index contributed by atoms with van der Waals surface area (Å²) in [4.78, 5) is 31.7. The number of piperidine rings is 1. The molecule has 1 aromatic heterocycles. The zero-order valence-electron chi connectivity index (χ0n) is 16.6. The molecule has 0 spiro atoms. The molecule has 2 aliphatic heterocycles. The summed E-state index contributed by atoms with van der Waals surface area (Å²) in [5.41, 5.74) is 2.04. The molecule has 8 heteroatoms. The second-order valence-corrected chi connectivity index (χ2v) is 8.05. The monoisotopic (exact) mass is 437 g/mol. The van der Waals surface area contributed by atoms with Gasteiger partial charge in [0.2, 0.25) is 12.7 Å². The first kappa shape index (κ1) is 19.6. The van der Waals surface area contributed by atoms with E-state index >= 15 is 0 Å². The number of hydrogen-bond acceptors (Lipinski definition) is 5. The first-order valence-corrected chi connectivity index (χ1v) is 10.5. The summed E-state index contributed by atoms with van der Waals surface area (Å²) in [6.45, 7) is 1.27. The lowest BCUT2D eigenvalue weighted by molar-refractivity contribution is -0.121. The van der Waals surface area contributed by atoms with E-state index in [4.69, 9.17) is 21.1 Å². The Hall–Kier alpha value is -3.32. The van der Waals surface area contributed by atoms with Gasteiger partial charge in [-0.15, -0.1) is 0 Å². The van der Waals surface area contributed by atoms with Crippen LogP contribution >= 0.6 is 11.6 Å². The fourth-order valence-electron chi connectivity index (χ4n) is 3.98. The molecule has 158 valence electrons. The van der Waals surface area contributed by atoms with Crippen LogP contribution in [0.4, 0.5) is 5.69 Å². The predicted octanol–water partition coefficient (Wildman–Crippen LogP) is 4.11. The van der Waals surface area contributed by atoms with Crippen molar-refractivity contribution in [3.8, 4) is 11.5 Å². The van der Waals surface area contributed by atoms with E-state index in [0.29, 0.717) is 53.8 Å². The third-order valence-electron chi connectivity index (χ3n) is 5.70. The Morgan fingerprint density at radius 1 is 1.00 bits per heavy atom. The topological polar surface area (TPSA) is 80.8 Å². The summed E-state index contributed by atoms with van der Waals surface area (Å²) in [5.74, 6) is 1.09. The molecule has 0 atom stereocenters. The van der Waals surface area contributed by atoms with Crippen LogP contribution in [0.2, 0.25) is 5.15 Å². The summed E-state index contributed by atoms with van der Waals surface area (Å²) in [6, 6.07) is 14.3. The van der Waals surface area contributed by atoms with E-state index in [-0.39, 0.29) is 24.5 Å². The van der Waals surface area contributed by atoms with Crippen LogP contribution in [0, 0.1) is 5.92 Å². The van der Waals surface area contributed by atoms with Gasteiger partial charge in [0.1, 0.15) is 5.15 Å². The maximum atomic E-state index is 12.9. The minimum atomic E-state index is -0.141. The molecule has 0 saturated carbocycles. The van der Waals surface area contributed by atoms with Crippen LogP contribution in [0.1, 0.15) is 23.2 Å². The number of pyridine rings is 1. The molecule has 2 aromatic carbocycles. The third kappa shape index (κ3) is 4.01. The highest BCUT2D eigenvalue weighted by Gasteiger charge is 2.28. The molecule has 0 aliphatic carbocycles. The zero-order valence-corrected chi connectivity index (χ0v) is 17.4. The normalized spacial score (nSPS) is 15.8. The number of benzene rings is 2. The second kappa shape index (κ2) is 8.07. The van der Waals surface area contributed by atoms with Crippen LogP contribution in [0.25, 0.3) is 10.9 Å². The number of carbonyl (C=O) groups excluding carboxylic acids is 2. The van der Waals surface area contributed by atoms with Crippen molar-refractivity contribution in [3.05, 3.63) is 59.2 Å². The average Bonchev–Trinajstić information content (AvgIpc) is 3.26. The summed E-state index contributed by atoms with van der Waals surface area (Å²) in [6.07, 6.45) is 1.24. The van der Waals surface area contributed by atoms with Crippen molar-refractivity contribution >= 4 is 40.0 Å². The van der Waals surface area contributed by atoms with Gasteiger partial charge in [0.15, 0.2) is 11.5 Å². The number of carbonyl (C=O) groups is 2. The van der Waals surface area contributed by atoms with Crippen molar-refractivity contribution < 1.29 is 19.1 Å². The minimum Gasteiger partial charge on any atom is -0.454 e. The summed E-state index contributed by atoms with van der Waals surface area (Å²) in [5, 5.41) is 4.24. The Balaban J connectivity index is 1.20. The standard InChI is InChI=1S/C23H20ClN3O4/c24-21-6-2-15-11-16(1-4-18(15)26-21)23(29)27-9-7-14(8-10-27)22(28)25-17-3-5-19-20(12-17)31-13-30-19/h1-6,11-12,14H,7-10,13H2,(H,25,28). The number of rotatable bonds is 3. The number of likely N-dealkylation sites (tertiary alicyclic amines) is 1. The number of nitrogens with zero attached hydrogens (tertiary/aromatic N) is 2. The largest absolute Gasteiger partial charge is 0.454 e. The molecule has 5 rings (SSSR count). The molecule has 2 aliphatic rings. The number of aromatic nitrogens is 1. The summed E-state index contributed by atoms with van der Waals surface area (Å²) in [7, 11) is 0. The van der Waals surface area contributed by atoms with Crippen molar-refractivity contribution in [2.45, 2.75) is 12.8 Å². The van der Waals surface area contributed by atoms with Crippen molar-refractivity contribution in [1.29, 1.82) is 0 Å². The number of anilines is 1. The van der Waals surface area contributed by atoms with Gasteiger partial charge in [0.25, 0.3) is 5.91 Å². The number of hydrogen-bond donors (Lipinski definition) is 1. The number of nitrogens with one attached hydrogen (secondary N) is 1. The molecule has 31 heavy (non-hydrogen) atoms. The van der Waals surface area contributed by atoms with Gasteiger partial charge >= 0.3 is 0 Å². The van der Waals surface area contributed by atoms with Gasteiger partial charge in [-0.25, -0.2) is 4.98 Å². The van der Waals surface area contributed by atoms with Gasteiger partial charge < -0.3 is 19.7 Å². The lowest BCUT2D eigenvalue weighted by Gasteiger charge is -2.31. The maximum Gasteiger partial charge on any atom is 0.253 e. The fourth-order valence-corrected chi connectivity index (χ4v) is 4.13. The number of fused-ring (bicyclic) bond motifs is 2. The molecule has 3 aromatic rings. The lowest BCUT2D eigenvalue weighted by atomic mass is 9.95. The van der Waals surface area contributed by atoms with Crippen LogP contribution < -0.4 is 14.8 Å². The van der Waals surface area contributed by atoms with Gasteiger partial charge in [0.05, 0.1) is 5.52 Å². The van der Waals surface area contributed by atoms with Crippen molar-refractivity contribution in [2.24, 2.45) is 5.92 Å². The Morgan fingerprint density at radius 2 is 1.81 bits per heavy atom. The third-order valence-corrected chi connectivity index (χ3v) is 5.91. The van der Waals surface area contributed by atoms with E-state index in [1.54, 1.807) is 41.3 Å². The molecule has 0 unspecified atom stereocenters. The molecule has 0 radical (unpaired) electrons. The first-order chi connectivity index (χ1) is 15.1. The summed E-state index contributed by atoms with van der Waals surface area (Å²) < 4.78 is 10.6. The number of amides is 2. The van der Waals surface area contributed by atoms with E-state index in [1.165, 1.54) is 0 Å². The Labute approximate surface area is 183 Å². The van der Waals surface area contributed by atoms with E-state index in [0.717, 1.165) is 10.9 Å². The molecule has 0 bridgehead atoms. The minimum absolute atomic E-state index is 0.0357. The quantitative estimate of drug-likeness (QED) is 0.624. The second-order valence-electron chi connectivity index (χ2n) is 7.67. The first-order valence-electron chi connectivity index (χ1n) is 10.1. The highest BCUT2D eigenvalue weighted by molar-refractivity contribution is 6.29. The summed E-state index contributed by atoms with van der Waals surface area (Å²) >= 11 is 5.93. The molecular formula is C23H20ClN3O4. The Bertz CT molecular complexity index is 1170. The molecule has 1 fully saturated rings. The Kier molecular flexibility index (Phi) is 5.11. The van der Waals surface area contributed by atoms with Crippen LogP contribution in [-0.4, -0.2) is 41.6 Å². The van der Waals surface area contributed by atoms with Crippen LogP contribution in [0.3, 0.4) is 0 Å².